The van der Waals surface area contributed by atoms with E-state index in [2.05, 4.69) is 10.3 Å². The summed E-state index contributed by atoms with van der Waals surface area (Å²) in [5.41, 5.74) is -0.273. The maximum absolute atomic E-state index is 12.1. The highest BCUT2D eigenvalue weighted by atomic mass is 32.1. The van der Waals surface area contributed by atoms with E-state index in [9.17, 15) is 9.59 Å². The van der Waals surface area contributed by atoms with Crippen LogP contribution in [0.25, 0.3) is 4.96 Å². The molecule has 1 fully saturated rings. The molecule has 0 saturated carbocycles. The molecule has 3 heterocycles. The molecule has 0 unspecified atom stereocenters. The Morgan fingerprint density at radius 1 is 1.63 bits per heavy atom. The molecule has 3 rings (SSSR count). The lowest BCUT2D eigenvalue weighted by atomic mass is 10.2. The van der Waals surface area contributed by atoms with Gasteiger partial charge in [0.1, 0.15) is 5.56 Å². The van der Waals surface area contributed by atoms with E-state index in [4.69, 9.17) is 4.74 Å². The van der Waals surface area contributed by atoms with Crippen molar-refractivity contribution in [2.75, 3.05) is 13.2 Å². The second-order valence-electron chi connectivity index (χ2n) is 4.38. The lowest BCUT2D eigenvalue weighted by Gasteiger charge is -2.10. The highest BCUT2D eigenvalue weighted by molar-refractivity contribution is 7.15. The maximum atomic E-state index is 12.1. The van der Waals surface area contributed by atoms with E-state index < -0.39 is 5.91 Å². The number of carbonyl (C=O) groups excluding carboxylic acids is 1. The number of amides is 1. The van der Waals surface area contributed by atoms with Crippen LogP contribution in [0.4, 0.5) is 0 Å². The van der Waals surface area contributed by atoms with Crippen LogP contribution in [0.5, 0.6) is 0 Å². The number of aromatic nitrogens is 2. The summed E-state index contributed by atoms with van der Waals surface area (Å²) in [7, 11) is 0. The zero-order chi connectivity index (χ0) is 13.2. The van der Waals surface area contributed by atoms with E-state index in [0.717, 1.165) is 19.4 Å². The molecule has 2 aromatic heterocycles. The van der Waals surface area contributed by atoms with Crippen molar-refractivity contribution >= 4 is 22.2 Å². The Hall–Kier alpha value is -1.73. The Morgan fingerprint density at radius 3 is 3.32 bits per heavy atom. The predicted molar refractivity (Wildman–Crippen MR) is 70.6 cm³/mol. The molecule has 0 aromatic carbocycles. The molecule has 0 spiro atoms. The van der Waals surface area contributed by atoms with Crippen molar-refractivity contribution in [3.05, 3.63) is 33.7 Å². The van der Waals surface area contributed by atoms with Gasteiger partial charge in [0.25, 0.3) is 11.5 Å². The smallest absolute Gasteiger partial charge is 0.271 e. The van der Waals surface area contributed by atoms with Gasteiger partial charge in [0, 0.05) is 30.9 Å². The number of fused-ring (bicyclic) bond motifs is 1. The third-order valence-electron chi connectivity index (χ3n) is 3.10. The highest BCUT2D eigenvalue weighted by Gasteiger charge is 2.18. The fraction of sp³-hybridized carbons (Fsp3) is 0.417. The molecule has 7 heteroatoms. The van der Waals surface area contributed by atoms with Crippen molar-refractivity contribution in [1.29, 1.82) is 0 Å². The fourth-order valence-electron chi connectivity index (χ4n) is 2.09. The van der Waals surface area contributed by atoms with Gasteiger partial charge < -0.3 is 10.1 Å². The van der Waals surface area contributed by atoms with Gasteiger partial charge in [0.2, 0.25) is 0 Å². The Kier molecular flexibility index (Phi) is 3.31. The summed E-state index contributed by atoms with van der Waals surface area (Å²) in [5, 5.41) is 4.49. The molecule has 0 aliphatic carbocycles. The van der Waals surface area contributed by atoms with E-state index in [0.29, 0.717) is 11.5 Å². The van der Waals surface area contributed by atoms with E-state index >= 15 is 0 Å². The lowest BCUT2D eigenvalue weighted by molar-refractivity contribution is 0.0856. The molecule has 1 aliphatic heterocycles. The van der Waals surface area contributed by atoms with Crippen LogP contribution in [-0.4, -0.2) is 34.5 Å². The molecule has 1 aliphatic rings. The Balaban J connectivity index is 1.77. The van der Waals surface area contributed by atoms with Crippen LogP contribution in [-0.2, 0) is 4.74 Å². The largest absolute Gasteiger partial charge is 0.376 e. The van der Waals surface area contributed by atoms with Crippen LogP contribution in [0.2, 0.25) is 0 Å². The van der Waals surface area contributed by atoms with Gasteiger partial charge in [0.15, 0.2) is 4.96 Å². The molecule has 2 aromatic rings. The summed E-state index contributed by atoms with van der Waals surface area (Å²) in [5.74, 6) is -0.395. The molecular weight excluding hydrogens is 266 g/mol. The second-order valence-corrected chi connectivity index (χ2v) is 5.25. The first kappa shape index (κ1) is 12.3. The molecule has 1 amide bonds. The topological polar surface area (TPSA) is 72.7 Å². The highest BCUT2D eigenvalue weighted by Crippen LogP contribution is 2.10. The van der Waals surface area contributed by atoms with Crippen LogP contribution < -0.4 is 10.9 Å². The van der Waals surface area contributed by atoms with E-state index in [-0.39, 0.29) is 17.2 Å². The first-order valence-electron chi connectivity index (χ1n) is 6.10. The van der Waals surface area contributed by atoms with Crippen LogP contribution in [0, 0.1) is 0 Å². The summed E-state index contributed by atoms with van der Waals surface area (Å²) in [6.07, 6.45) is 4.97. The molecule has 1 atom stereocenters. The summed E-state index contributed by atoms with van der Waals surface area (Å²) in [4.78, 5) is 28.7. The SMILES string of the molecule is O=C(NC[C@H]1CCCO1)c1cnc2sccn2c1=O. The number of nitrogens with one attached hydrogen (secondary N) is 1. The number of hydrogen-bond acceptors (Lipinski definition) is 5. The van der Waals surface area contributed by atoms with Gasteiger partial charge in [-0.05, 0) is 12.8 Å². The zero-order valence-electron chi connectivity index (χ0n) is 10.2. The van der Waals surface area contributed by atoms with Gasteiger partial charge in [-0.2, -0.15) is 0 Å². The molecule has 1 N–H and O–H groups in total. The van der Waals surface area contributed by atoms with Crippen LogP contribution in [0.15, 0.2) is 22.6 Å². The number of hydrogen-bond donors (Lipinski definition) is 1. The van der Waals surface area contributed by atoms with Gasteiger partial charge in [-0.15, -0.1) is 11.3 Å². The quantitative estimate of drug-likeness (QED) is 0.896. The van der Waals surface area contributed by atoms with Crippen LogP contribution in [0.1, 0.15) is 23.2 Å². The van der Waals surface area contributed by atoms with Crippen molar-refractivity contribution < 1.29 is 9.53 Å². The normalized spacial score (nSPS) is 18.8. The van der Waals surface area contributed by atoms with E-state index in [1.165, 1.54) is 21.9 Å². The zero-order valence-corrected chi connectivity index (χ0v) is 11.0. The van der Waals surface area contributed by atoms with Crippen molar-refractivity contribution in [3.8, 4) is 0 Å². The minimum Gasteiger partial charge on any atom is -0.376 e. The van der Waals surface area contributed by atoms with E-state index in [1.807, 2.05) is 0 Å². The summed E-state index contributed by atoms with van der Waals surface area (Å²) in [6.45, 7) is 1.18. The van der Waals surface area contributed by atoms with Crippen molar-refractivity contribution in [3.63, 3.8) is 0 Å². The molecule has 0 bridgehead atoms. The second kappa shape index (κ2) is 5.10. The minimum atomic E-state index is -0.395. The number of carbonyl (C=O) groups is 1. The molecule has 100 valence electrons. The summed E-state index contributed by atoms with van der Waals surface area (Å²) < 4.78 is 6.80. The molecular formula is C12H13N3O3S. The fourth-order valence-corrected chi connectivity index (χ4v) is 2.76. The summed E-state index contributed by atoms with van der Waals surface area (Å²) in [6, 6.07) is 0. The minimum absolute atomic E-state index is 0.0598. The lowest BCUT2D eigenvalue weighted by Crippen LogP contribution is -2.35. The number of nitrogens with zero attached hydrogens (tertiary/aromatic N) is 2. The molecule has 19 heavy (non-hydrogen) atoms. The molecule has 1 saturated heterocycles. The van der Waals surface area contributed by atoms with Crippen LogP contribution >= 0.6 is 11.3 Å². The standard InChI is InChI=1S/C12H13N3O3S/c16-10(13-6-8-2-1-4-18-8)9-7-14-12-15(11(9)17)3-5-19-12/h3,5,7-8H,1-2,4,6H2,(H,13,16)/t8-/m1/s1. The summed E-state index contributed by atoms with van der Waals surface area (Å²) >= 11 is 1.36. The van der Waals surface area contributed by atoms with Crippen molar-refractivity contribution in [1.82, 2.24) is 14.7 Å². The van der Waals surface area contributed by atoms with Crippen LogP contribution in [0.3, 0.4) is 0 Å². The number of rotatable bonds is 3. The van der Waals surface area contributed by atoms with Gasteiger partial charge in [-0.25, -0.2) is 4.98 Å². The molecule has 0 radical (unpaired) electrons. The average Bonchev–Trinajstić information content (AvgIpc) is 3.07. The Bertz CT molecular complexity index is 658. The van der Waals surface area contributed by atoms with E-state index in [1.54, 1.807) is 11.6 Å². The van der Waals surface area contributed by atoms with Gasteiger partial charge >= 0.3 is 0 Å². The Morgan fingerprint density at radius 2 is 2.53 bits per heavy atom. The number of thiazole rings is 1. The van der Waals surface area contributed by atoms with Gasteiger partial charge in [0.05, 0.1) is 6.10 Å². The number of ether oxygens (including phenoxy) is 1. The van der Waals surface area contributed by atoms with Crippen molar-refractivity contribution in [2.24, 2.45) is 0 Å². The van der Waals surface area contributed by atoms with Gasteiger partial charge in [-0.3, -0.25) is 14.0 Å². The van der Waals surface area contributed by atoms with Crippen molar-refractivity contribution in [2.45, 2.75) is 18.9 Å². The predicted octanol–water partition coefficient (Wildman–Crippen LogP) is 0.665. The third-order valence-corrected chi connectivity index (χ3v) is 3.87. The Labute approximate surface area is 113 Å². The first-order valence-corrected chi connectivity index (χ1v) is 6.98. The van der Waals surface area contributed by atoms with Gasteiger partial charge in [-0.1, -0.05) is 0 Å². The maximum Gasteiger partial charge on any atom is 0.271 e. The monoisotopic (exact) mass is 279 g/mol. The third kappa shape index (κ3) is 2.39. The average molecular weight is 279 g/mol. The first-order chi connectivity index (χ1) is 9.25. The molecule has 6 nitrogen and oxygen atoms in total.